The zero-order valence-electron chi connectivity index (χ0n) is 12.0. The van der Waals surface area contributed by atoms with Crippen molar-refractivity contribution in [1.82, 2.24) is 0 Å². The fraction of sp³-hybridized carbons (Fsp3) is 1.00. The van der Waals surface area contributed by atoms with Gasteiger partial charge in [-0.2, -0.15) is 0 Å². The minimum atomic E-state index is -2.22. The molecule has 0 bridgehead atoms. The molecule has 0 spiro atoms. The van der Waals surface area contributed by atoms with Crippen LogP contribution in [-0.2, 0) is 14.2 Å². The Kier molecular flexibility index (Phi) is 5.92. The van der Waals surface area contributed by atoms with Gasteiger partial charge in [-0.25, -0.2) is 0 Å². The van der Waals surface area contributed by atoms with Crippen LogP contribution in [0.4, 0.5) is 0 Å². The Bertz CT molecular complexity index is 393. The van der Waals surface area contributed by atoms with Crippen molar-refractivity contribution in [3.05, 3.63) is 0 Å². The first kappa shape index (κ1) is 18.9. The molecule has 2 heterocycles. The summed E-state index contributed by atoms with van der Waals surface area (Å²) < 4.78 is 15.4. The number of ether oxygens (including phenoxy) is 3. The van der Waals surface area contributed by atoms with Crippen molar-refractivity contribution in [1.29, 1.82) is 0 Å². The van der Waals surface area contributed by atoms with Crippen LogP contribution in [0.15, 0.2) is 0 Å². The van der Waals surface area contributed by atoms with E-state index in [1.54, 1.807) is 0 Å². The van der Waals surface area contributed by atoms with Gasteiger partial charge in [0.1, 0.15) is 49.3 Å². The predicted octanol–water partition coefficient (Wildman–Crippen LogP) is -5.40. The van der Waals surface area contributed by atoms with Crippen LogP contribution in [0.1, 0.15) is 0 Å². The van der Waals surface area contributed by atoms with Crippen molar-refractivity contribution in [3.63, 3.8) is 0 Å². The van der Waals surface area contributed by atoms with E-state index in [0.29, 0.717) is 0 Å². The molecule has 2 saturated heterocycles. The van der Waals surface area contributed by atoms with Crippen LogP contribution < -0.4 is 0 Å². The second kappa shape index (κ2) is 7.21. The lowest BCUT2D eigenvalue weighted by atomic mass is 9.99. The number of hydrogen-bond acceptors (Lipinski definition) is 11. The first-order valence-corrected chi connectivity index (χ1v) is 7.05. The molecule has 11 heteroatoms. The highest BCUT2D eigenvalue weighted by atomic mass is 16.8. The SMILES string of the molecule is OC[C@@H]1O[C@@](CO)(O[C@@H]2O[C@H](CO)[C@H](O)[C@H](O)[C@@H]2O)[C@H](O)[C@@H]1O. The van der Waals surface area contributed by atoms with Crippen LogP contribution in [0.5, 0.6) is 0 Å². The topological polar surface area (TPSA) is 190 Å². The standard InChI is InChI=1S/C12H22O11/c13-1-4-6(16)8(18)9(19)11(21-4)23-12(3-15)10(20)7(17)5(2-14)22-12/h4-11,13-20H,1-3H2/t4-,5+,6+,7-,8+,9+,10-,11+,12+/m1/s1. The minimum absolute atomic E-state index is 0.669. The van der Waals surface area contributed by atoms with E-state index in [9.17, 15) is 30.6 Å². The molecule has 0 aliphatic carbocycles. The average molecular weight is 342 g/mol. The number of aliphatic hydroxyl groups excluding tert-OH is 8. The lowest BCUT2D eigenvalue weighted by Crippen LogP contribution is -2.62. The second-order valence-corrected chi connectivity index (χ2v) is 5.56. The number of hydrogen-bond donors (Lipinski definition) is 8. The van der Waals surface area contributed by atoms with Crippen molar-refractivity contribution >= 4 is 0 Å². The lowest BCUT2D eigenvalue weighted by Gasteiger charge is -2.43. The molecule has 0 aromatic rings. The smallest absolute Gasteiger partial charge is 0.224 e. The van der Waals surface area contributed by atoms with Crippen molar-refractivity contribution in [2.75, 3.05) is 19.8 Å². The first-order chi connectivity index (χ1) is 10.8. The van der Waals surface area contributed by atoms with Crippen molar-refractivity contribution in [2.24, 2.45) is 0 Å². The molecular weight excluding hydrogens is 320 g/mol. The van der Waals surface area contributed by atoms with Gasteiger partial charge in [-0.3, -0.25) is 0 Å². The number of aliphatic hydroxyl groups is 8. The molecule has 2 rings (SSSR count). The van der Waals surface area contributed by atoms with E-state index in [1.165, 1.54) is 0 Å². The van der Waals surface area contributed by atoms with Gasteiger partial charge in [-0.05, 0) is 0 Å². The third-order valence-electron chi connectivity index (χ3n) is 4.07. The largest absolute Gasteiger partial charge is 0.394 e. The fourth-order valence-electron chi connectivity index (χ4n) is 2.63. The second-order valence-electron chi connectivity index (χ2n) is 5.56. The van der Waals surface area contributed by atoms with Crippen molar-refractivity contribution in [2.45, 2.75) is 54.8 Å². The minimum Gasteiger partial charge on any atom is -0.394 e. The Labute approximate surface area is 130 Å². The Balaban J connectivity index is 2.18. The molecule has 0 aromatic heterocycles. The van der Waals surface area contributed by atoms with E-state index in [4.69, 9.17) is 24.4 Å². The maximum atomic E-state index is 10.00. The fourth-order valence-corrected chi connectivity index (χ4v) is 2.63. The van der Waals surface area contributed by atoms with Crippen LogP contribution in [0, 0.1) is 0 Å². The molecule has 9 atom stereocenters. The molecule has 8 N–H and O–H groups in total. The summed E-state index contributed by atoms with van der Waals surface area (Å²) in [6, 6.07) is 0. The molecule has 11 nitrogen and oxygen atoms in total. The third-order valence-corrected chi connectivity index (χ3v) is 4.07. The van der Waals surface area contributed by atoms with Gasteiger partial charge >= 0.3 is 0 Å². The summed E-state index contributed by atoms with van der Waals surface area (Å²) in [6.45, 7) is -2.32. The monoisotopic (exact) mass is 342 g/mol. The highest BCUT2D eigenvalue weighted by Gasteiger charge is 2.58. The summed E-state index contributed by atoms with van der Waals surface area (Å²) in [7, 11) is 0. The van der Waals surface area contributed by atoms with Crippen LogP contribution in [0.2, 0.25) is 0 Å². The summed E-state index contributed by atoms with van der Waals surface area (Å²) in [5.41, 5.74) is 0. The Morgan fingerprint density at radius 2 is 1.39 bits per heavy atom. The van der Waals surface area contributed by atoms with E-state index in [-0.39, 0.29) is 0 Å². The summed E-state index contributed by atoms with van der Waals surface area (Å²) in [5.74, 6) is -2.22. The molecule has 2 aliphatic rings. The molecule has 0 saturated carbocycles. The molecule has 23 heavy (non-hydrogen) atoms. The molecule has 0 amide bonds. The van der Waals surface area contributed by atoms with Gasteiger partial charge in [0.15, 0.2) is 6.29 Å². The molecule has 2 fully saturated rings. The van der Waals surface area contributed by atoms with Gasteiger partial charge in [-0.1, -0.05) is 0 Å². The summed E-state index contributed by atoms with van der Waals surface area (Å²) in [5, 5.41) is 76.7. The summed E-state index contributed by atoms with van der Waals surface area (Å²) >= 11 is 0. The Morgan fingerprint density at radius 1 is 0.783 bits per heavy atom. The van der Waals surface area contributed by atoms with Crippen LogP contribution >= 0.6 is 0 Å². The van der Waals surface area contributed by atoms with Crippen molar-refractivity contribution < 1.29 is 55.1 Å². The highest BCUT2D eigenvalue weighted by Crippen LogP contribution is 2.35. The third kappa shape index (κ3) is 3.23. The van der Waals surface area contributed by atoms with Gasteiger partial charge < -0.3 is 55.1 Å². The van der Waals surface area contributed by atoms with Crippen LogP contribution in [-0.4, -0.2) is 115 Å². The zero-order chi connectivity index (χ0) is 17.4. The van der Waals surface area contributed by atoms with E-state index in [2.05, 4.69) is 0 Å². The molecule has 2 aliphatic heterocycles. The summed E-state index contributed by atoms with van der Waals surface area (Å²) in [4.78, 5) is 0. The van der Waals surface area contributed by atoms with Gasteiger partial charge in [0, 0.05) is 0 Å². The van der Waals surface area contributed by atoms with E-state index < -0.39 is 74.6 Å². The molecule has 136 valence electrons. The maximum absolute atomic E-state index is 10.00. The summed E-state index contributed by atoms with van der Waals surface area (Å²) in [6.07, 6.45) is -12.7. The quantitative estimate of drug-likeness (QED) is 0.238. The van der Waals surface area contributed by atoms with E-state index in [0.717, 1.165) is 0 Å². The first-order valence-electron chi connectivity index (χ1n) is 7.05. The predicted molar refractivity (Wildman–Crippen MR) is 68.6 cm³/mol. The molecule has 0 radical (unpaired) electrons. The maximum Gasteiger partial charge on any atom is 0.224 e. The molecule has 0 aromatic carbocycles. The average Bonchev–Trinajstić information content (AvgIpc) is 2.80. The Hall–Kier alpha value is -0.440. The Morgan fingerprint density at radius 3 is 1.87 bits per heavy atom. The van der Waals surface area contributed by atoms with Gasteiger partial charge in [0.2, 0.25) is 5.79 Å². The number of rotatable bonds is 5. The lowest BCUT2D eigenvalue weighted by molar-refractivity contribution is -0.383. The normalized spacial score (nSPS) is 51.1. The van der Waals surface area contributed by atoms with Crippen molar-refractivity contribution in [3.8, 4) is 0 Å². The van der Waals surface area contributed by atoms with E-state index >= 15 is 0 Å². The highest BCUT2D eigenvalue weighted by molar-refractivity contribution is 4.98. The van der Waals surface area contributed by atoms with Gasteiger partial charge in [0.25, 0.3) is 0 Å². The van der Waals surface area contributed by atoms with E-state index in [1.807, 2.05) is 0 Å². The molecular formula is C12H22O11. The molecule has 0 unspecified atom stereocenters. The van der Waals surface area contributed by atoms with Gasteiger partial charge in [0.05, 0.1) is 13.2 Å². The van der Waals surface area contributed by atoms with Crippen LogP contribution in [0.3, 0.4) is 0 Å². The zero-order valence-corrected chi connectivity index (χ0v) is 12.0. The van der Waals surface area contributed by atoms with Gasteiger partial charge in [-0.15, -0.1) is 0 Å². The van der Waals surface area contributed by atoms with Crippen LogP contribution in [0.25, 0.3) is 0 Å².